The zero-order chi connectivity index (χ0) is 15.5. The lowest BCUT2D eigenvalue weighted by atomic mass is 10.2. The molecule has 0 aliphatic heterocycles. The third-order valence-corrected chi connectivity index (χ3v) is 4.11. The molecule has 1 heterocycles. The highest BCUT2D eigenvalue weighted by molar-refractivity contribution is 7.99. The second-order valence-electron chi connectivity index (χ2n) is 4.09. The van der Waals surface area contributed by atoms with Gasteiger partial charge in [-0.15, -0.1) is 23.5 Å². The number of hydrogen-bond acceptors (Lipinski definition) is 5. The standard InChI is InChI=1S/C13H12F3N3S2/c1-20-11-6-10(17)18-12(19-11)8-3-2-4-9(5-8)21-7-13(14,15)16/h2-6H,7H2,1H3,(H2,17,18,19). The molecule has 3 nitrogen and oxygen atoms in total. The molecule has 8 heteroatoms. The summed E-state index contributed by atoms with van der Waals surface area (Å²) in [6, 6.07) is 8.34. The van der Waals surface area contributed by atoms with E-state index in [1.165, 1.54) is 11.8 Å². The van der Waals surface area contributed by atoms with Gasteiger partial charge in [-0.3, -0.25) is 0 Å². The Hall–Kier alpha value is -1.41. The summed E-state index contributed by atoms with van der Waals surface area (Å²) in [6.45, 7) is 0. The molecule has 0 atom stereocenters. The summed E-state index contributed by atoms with van der Waals surface area (Å²) in [4.78, 5) is 8.95. The molecule has 0 amide bonds. The van der Waals surface area contributed by atoms with Gasteiger partial charge in [0, 0.05) is 16.5 Å². The lowest BCUT2D eigenvalue weighted by molar-refractivity contribution is -0.105. The molecule has 2 rings (SSSR count). The van der Waals surface area contributed by atoms with Gasteiger partial charge in [0.05, 0.1) is 5.75 Å². The molecule has 0 bridgehead atoms. The largest absolute Gasteiger partial charge is 0.398 e. The number of thioether (sulfide) groups is 2. The second kappa shape index (κ2) is 6.57. The highest BCUT2D eigenvalue weighted by atomic mass is 32.2. The first-order valence-electron chi connectivity index (χ1n) is 5.86. The van der Waals surface area contributed by atoms with Crippen molar-refractivity contribution in [2.24, 2.45) is 0 Å². The normalized spacial score (nSPS) is 11.6. The highest BCUT2D eigenvalue weighted by Gasteiger charge is 2.27. The number of aromatic nitrogens is 2. The van der Waals surface area contributed by atoms with Crippen LogP contribution in [0.5, 0.6) is 0 Å². The first kappa shape index (κ1) is 16.0. The summed E-state index contributed by atoms with van der Waals surface area (Å²) in [5.74, 6) is -0.184. The maximum Gasteiger partial charge on any atom is 0.398 e. The maximum atomic E-state index is 12.3. The van der Waals surface area contributed by atoms with E-state index >= 15 is 0 Å². The van der Waals surface area contributed by atoms with E-state index in [-0.39, 0.29) is 0 Å². The van der Waals surface area contributed by atoms with Gasteiger partial charge in [-0.1, -0.05) is 12.1 Å². The SMILES string of the molecule is CSc1cc(N)nc(-c2cccc(SCC(F)(F)F)c2)n1. The van der Waals surface area contributed by atoms with Crippen LogP contribution in [0, 0.1) is 0 Å². The second-order valence-corrected chi connectivity index (χ2v) is 5.97. The van der Waals surface area contributed by atoms with Crippen molar-refractivity contribution in [3.63, 3.8) is 0 Å². The Labute approximate surface area is 128 Å². The fourth-order valence-electron chi connectivity index (χ4n) is 1.57. The lowest BCUT2D eigenvalue weighted by Crippen LogP contribution is -2.10. The minimum atomic E-state index is -4.19. The van der Waals surface area contributed by atoms with Crippen molar-refractivity contribution < 1.29 is 13.2 Å². The maximum absolute atomic E-state index is 12.3. The fraction of sp³-hybridized carbons (Fsp3) is 0.231. The van der Waals surface area contributed by atoms with Crippen molar-refractivity contribution in [1.82, 2.24) is 9.97 Å². The van der Waals surface area contributed by atoms with Crippen molar-refractivity contribution >= 4 is 29.3 Å². The number of hydrogen-bond donors (Lipinski definition) is 1. The Morgan fingerprint density at radius 3 is 2.62 bits per heavy atom. The third kappa shape index (κ3) is 4.82. The molecule has 112 valence electrons. The Morgan fingerprint density at radius 1 is 1.19 bits per heavy atom. The van der Waals surface area contributed by atoms with Crippen molar-refractivity contribution in [3.8, 4) is 11.4 Å². The molecule has 1 aromatic carbocycles. The Morgan fingerprint density at radius 2 is 1.95 bits per heavy atom. The molecule has 0 aliphatic carbocycles. The zero-order valence-electron chi connectivity index (χ0n) is 11.0. The first-order chi connectivity index (χ1) is 9.87. The molecule has 2 aromatic rings. The summed E-state index contributed by atoms with van der Waals surface area (Å²) in [7, 11) is 0. The smallest absolute Gasteiger partial charge is 0.384 e. The van der Waals surface area contributed by atoms with E-state index in [2.05, 4.69) is 9.97 Å². The van der Waals surface area contributed by atoms with Crippen LogP contribution < -0.4 is 5.73 Å². The Bertz CT molecular complexity index is 632. The van der Waals surface area contributed by atoms with E-state index < -0.39 is 11.9 Å². The number of anilines is 1. The van der Waals surface area contributed by atoms with Gasteiger partial charge < -0.3 is 5.73 Å². The van der Waals surface area contributed by atoms with Crippen molar-refractivity contribution in [2.75, 3.05) is 17.7 Å². The van der Waals surface area contributed by atoms with Crippen molar-refractivity contribution in [2.45, 2.75) is 16.1 Å². The van der Waals surface area contributed by atoms with Crippen LogP contribution in [0.4, 0.5) is 19.0 Å². The van der Waals surface area contributed by atoms with E-state index in [1.54, 1.807) is 30.3 Å². The molecule has 0 aliphatic rings. The number of halogens is 3. The van der Waals surface area contributed by atoms with E-state index in [1.807, 2.05) is 6.26 Å². The molecule has 0 radical (unpaired) electrons. The van der Waals surface area contributed by atoms with Gasteiger partial charge in [-0.2, -0.15) is 13.2 Å². The van der Waals surface area contributed by atoms with Crippen LogP contribution in [0.2, 0.25) is 0 Å². The van der Waals surface area contributed by atoms with E-state index in [0.717, 1.165) is 11.8 Å². The van der Waals surface area contributed by atoms with Gasteiger partial charge in [0.15, 0.2) is 5.82 Å². The lowest BCUT2D eigenvalue weighted by Gasteiger charge is -2.08. The predicted octanol–water partition coefficient (Wildman–Crippen LogP) is 4.10. The fourth-order valence-corrected chi connectivity index (χ4v) is 2.70. The van der Waals surface area contributed by atoms with Crippen LogP contribution in [0.3, 0.4) is 0 Å². The monoisotopic (exact) mass is 331 g/mol. The van der Waals surface area contributed by atoms with Gasteiger partial charge in [0.25, 0.3) is 0 Å². The van der Waals surface area contributed by atoms with Crippen molar-refractivity contribution in [1.29, 1.82) is 0 Å². The molecule has 0 fully saturated rings. The molecule has 0 unspecified atom stereocenters. The van der Waals surface area contributed by atoms with Gasteiger partial charge in [-0.25, -0.2) is 9.97 Å². The summed E-state index contributed by atoms with van der Waals surface area (Å²) in [5.41, 5.74) is 6.35. The van der Waals surface area contributed by atoms with Crippen LogP contribution in [0.1, 0.15) is 0 Å². The Balaban J connectivity index is 2.26. The Kier molecular flexibility index (Phi) is 5.00. The van der Waals surface area contributed by atoms with Crippen LogP contribution in [0.25, 0.3) is 11.4 Å². The molecule has 1 aromatic heterocycles. The average Bonchev–Trinajstić information content (AvgIpc) is 2.44. The third-order valence-electron chi connectivity index (χ3n) is 2.43. The molecular weight excluding hydrogens is 319 g/mol. The molecular formula is C13H12F3N3S2. The molecule has 0 spiro atoms. The number of rotatable bonds is 4. The van der Waals surface area contributed by atoms with E-state index in [4.69, 9.17) is 5.73 Å². The highest BCUT2D eigenvalue weighted by Crippen LogP contribution is 2.30. The molecule has 0 saturated carbocycles. The summed E-state index contributed by atoms with van der Waals surface area (Å²) < 4.78 is 36.8. The predicted molar refractivity (Wildman–Crippen MR) is 80.4 cm³/mol. The zero-order valence-corrected chi connectivity index (χ0v) is 12.6. The number of benzene rings is 1. The van der Waals surface area contributed by atoms with Crippen LogP contribution in [-0.2, 0) is 0 Å². The summed E-state index contributed by atoms with van der Waals surface area (Å²) in [6.07, 6.45) is -2.33. The minimum Gasteiger partial charge on any atom is -0.384 e. The van der Waals surface area contributed by atoms with E-state index in [9.17, 15) is 13.2 Å². The van der Waals surface area contributed by atoms with Crippen LogP contribution in [-0.4, -0.2) is 28.2 Å². The number of alkyl halides is 3. The topological polar surface area (TPSA) is 51.8 Å². The molecule has 21 heavy (non-hydrogen) atoms. The number of nitrogens with zero attached hydrogens (tertiary/aromatic N) is 2. The van der Waals surface area contributed by atoms with Gasteiger partial charge in [0.2, 0.25) is 0 Å². The minimum absolute atomic E-state index is 0.331. The number of nitrogens with two attached hydrogens (primary N) is 1. The summed E-state index contributed by atoms with van der Waals surface area (Å²) in [5, 5.41) is 0.714. The van der Waals surface area contributed by atoms with Gasteiger partial charge in [-0.05, 0) is 18.4 Å². The van der Waals surface area contributed by atoms with Crippen LogP contribution in [0.15, 0.2) is 40.3 Å². The quantitative estimate of drug-likeness (QED) is 0.675. The first-order valence-corrected chi connectivity index (χ1v) is 8.07. The van der Waals surface area contributed by atoms with Crippen molar-refractivity contribution in [3.05, 3.63) is 30.3 Å². The molecule has 2 N–H and O–H groups in total. The molecule has 0 saturated heterocycles. The van der Waals surface area contributed by atoms with Gasteiger partial charge in [0.1, 0.15) is 10.8 Å². The average molecular weight is 331 g/mol. The van der Waals surface area contributed by atoms with E-state index in [0.29, 0.717) is 27.1 Å². The van der Waals surface area contributed by atoms with Crippen LogP contribution >= 0.6 is 23.5 Å². The van der Waals surface area contributed by atoms with Gasteiger partial charge >= 0.3 is 6.18 Å². The number of nitrogen functional groups attached to an aromatic ring is 1. The summed E-state index contributed by atoms with van der Waals surface area (Å²) >= 11 is 2.16.